The van der Waals surface area contributed by atoms with E-state index in [9.17, 15) is 0 Å². The smallest absolute Gasteiger partial charge is 0.321 e. The van der Waals surface area contributed by atoms with Gasteiger partial charge in [0.15, 0.2) is 0 Å². The van der Waals surface area contributed by atoms with E-state index < -0.39 is 0 Å². The molecule has 18 heavy (non-hydrogen) atoms. The third-order valence-corrected chi connectivity index (χ3v) is 2.62. The highest BCUT2D eigenvalue weighted by Crippen LogP contribution is 2.21. The normalized spacial score (nSPS) is 10.7. The van der Waals surface area contributed by atoms with Crippen molar-refractivity contribution in [2.45, 2.75) is 6.92 Å². The fourth-order valence-electron chi connectivity index (χ4n) is 1.78. The van der Waals surface area contributed by atoms with Gasteiger partial charge in [0.05, 0.1) is 5.52 Å². The van der Waals surface area contributed by atoms with Crippen molar-refractivity contribution in [3.8, 4) is 11.4 Å². The van der Waals surface area contributed by atoms with Crippen LogP contribution in [0.5, 0.6) is 0 Å². The monoisotopic (exact) mass is 240 g/mol. The number of nitrogens with zero attached hydrogens (tertiary/aromatic N) is 3. The summed E-state index contributed by atoms with van der Waals surface area (Å²) < 4.78 is 5.08. The highest BCUT2D eigenvalue weighted by Gasteiger charge is 2.08. The van der Waals surface area contributed by atoms with E-state index in [1.807, 2.05) is 37.3 Å². The minimum Gasteiger partial charge on any atom is -0.338 e. The Kier molecular flexibility index (Phi) is 2.64. The first kappa shape index (κ1) is 10.7. The van der Waals surface area contributed by atoms with Gasteiger partial charge in [-0.1, -0.05) is 11.2 Å². The first-order valence-corrected chi connectivity index (χ1v) is 5.79. The second-order valence-corrected chi connectivity index (χ2v) is 3.86. The molecule has 0 spiro atoms. The van der Waals surface area contributed by atoms with E-state index in [0.717, 1.165) is 23.0 Å². The number of pyridine rings is 1. The van der Waals surface area contributed by atoms with Crippen molar-refractivity contribution >= 4 is 16.9 Å². The minimum atomic E-state index is 0.443. The number of benzene rings is 1. The summed E-state index contributed by atoms with van der Waals surface area (Å²) in [7, 11) is 0. The zero-order valence-corrected chi connectivity index (χ0v) is 9.92. The predicted molar refractivity (Wildman–Crippen MR) is 69.2 cm³/mol. The van der Waals surface area contributed by atoms with Crippen molar-refractivity contribution in [2.75, 3.05) is 11.9 Å². The topological polar surface area (TPSA) is 63.8 Å². The summed E-state index contributed by atoms with van der Waals surface area (Å²) >= 11 is 0. The number of anilines is 1. The predicted octanol–water partition coefficient (Wildman–Crippen LogP) is 2.72. The Morgan fingerprint density at radius 3 is 3.11 bits per heavy atom. The highest BCUT2D eigenvalue weighted by atomic mass is 16.5. The molecule has 0 saturated heterocycles. The Morgan fingerprint density at radius 2 is 2.22 bits per heavy atom. The zero-order valence-electron chi connectivity index (χ0n) is 9.92. The van der Waals surface area contributed by atoms with Crippen molar-refractivity contribution in [3.05, 3.63) is 36.5 Å². The summed E-state index contributed by atoms with van der Waals surface area (Å²) in [5.41, 5.74) is 1.88. The van der Waals surface area contributed by atoms with Crippen molar-refractivity contribution in [1.82, 2.24) is 15.1 Å². The van der Waals surface area contributed by atoms with E-state index in [2.05, 4.69) is 20.4 Å². The standard InChI is InChI=1S/C13H12N4O/c1-2-14-13-16-12(17-18-13)10-5-6-11-9(8-10)4-3-7-15-11/h3-8H,2H2,1H3,(H,14,16,17). The second-order valence-electron chi connectivity index (χ2n) is 3.86. The molecule has 0 aliphatic rings. The van der Waals surface area contributed by atoms with Crippen LogP contribution in [0.25, 0.3) is 22.3 Å². The summed E-state index contributed by atoms with van der Waals surface area (Å²) in [4.78, 5) is 8.54. The van der Waals surface area contributed by atoms with Gasteiger partial charge < -0.3 is 9.84 Å². The van der Waals surface area contributed by atoms with Gasteiger partial charge in [0.25, 0.3) is 0 Å². The molecular formula is C13H12N4O. The number of fused-ring (bicyclic) bond motifs is 1. The molecule has 0 aliphatic carbocycles. The van der Waals surface area contributed by atoms with Crippen LogP contribution in [0.2, 0.25) is 0 Å². The number of hydrogen-bond acceptors (Lipinski definition) is 5. The van der Waals surface area contributed by atoms with E-state index in [0.29, 0.717) is 11.8 Å². The first-order chi connectivity index (χ1) is 8.86. The molecule has 1 N–H and O–H groups in total. The van der Waals surface area contributed by atoms with Gasteiger partial charge in [-0.3, -0.25) is 4.98 Å². The molecule has 0 saturated carbocycles. The minimum absolute atomic E-state index is 0.443. The van der Waals surface area contributed by atoms with Crippen LogP contribution in [-0.4, -0.2) is 21.7 Å². The largest absolute Gasteiger partial charge is 0.338 e. The molecule has 0 fully saturated rings. The Hall–Kier alpha value is -2.43. The van der Waals surface area contributed by atoms with Gasteiger partial charge in [0.2, 0.25) is 5.82 Å². The van der Waals surface area contributed by atoms with Crippen LogP contribution in [0.4, 0.5) is 6.01 Å². The van der Waals surface area contributed by atoms with E-state index in [1.165, 1.54) is 0 Å². The van der Waals surface area contributed by atoms with E-state index in [1.54, 1.807) is 6.20 Å². The summed E-state index contributed by atoms with van der Waals surface area (Å²) in [5, 5.41) is 7.99. The molecule has 0 unspecified atom stereocenters. The fourth-order valence-corrected chi connectivity index (χ4v) is 1.78. The number of rotatable bonds is 3. The van der Waals surface area contributed by atoms with Crippen LogP contribution < -0.4 is 5.32 Å². The molecule has 0 amide bonds. The average Bonchev–Trinajstić information content (AvgIpc) is 2.87. The number of nitrogens with one attached hydrogen (secondary N) is 1. The summed E-state index contributed by atoms with van der Waals surface area (Å²) in [6.07, 6.45) is 1.78. The lowest BCUT2D eigenvalue weighted by atomic mass is 10.1. The van der Waals surface area contributed by atoms with Crippen molar-refractivity contribution < 1.29 is 4.52 Å². The van der Waals surface area contributed by atoms with Crippen molar-refractivity contribution in [3.63, 3.8) is 0 Å². The Bertz CT molecular complexity index is 677. The lowest BCUT2D eigenvalue weighted by Crippen LogP contribution is -1.95. The molecule has 5 heteroatoms. The average molecular weight is 240 g/mol. The molecule has 0 atom stereocenters. The van der Waals surface area contributed by atoms with Crippen molar-refractivity contribution in [1.29, 1.82) is 0 Å². The quantitative estimate of drug-likeness (QED) is 0.762. The highest BCUT2D eigenvalue weighted by molar-refractivity contribution is 5.83. The van der Waals surface area contributed by atoms with E-state index in [4.69, 9.17) is 4.52 Å². The fraction of sp³-hybridized carbons (Fsp3) is 0.154. The summed E-state index contributed by atoms with van der Waals surface area (Å²) in [6, 6.07) is 10.3. The maximum atomic E-state index is 5.08. The third-order valence-electron chi connectivity index (χ3n) is 2.62. The Balaban J connectivity index is 2.02. The number of hydrogen-bond donors (Lipinski definition) is 1. The molecule has 3 aromatic rings. The third kappa shape index (κ3) is 1.90. The zero-order chi connectivity index (χ0) is 12.4. The van der Waals surface area contributed by atoms with Gasteiger partial charge in [-0.2, -0.15) is 4.98 Å². The van der Waals surface area contributed by atoms with Gasteiger partial charge >= 0.3 is 6.01 Å². The van der Waals surface area contributed by atoms with Crippen LogP contribution in [0.1, 0.15) is 6.92 Å². The lowest BCUT2D eigenvalue weighted by molar-refractivity contribution is 0.432. The maximum Gasteiger partial charge on any atom is 0.321 e. The Morgan fingerprint density at radius 1 is 1.28 bits per heavy atom. The van der Waals surface area contributed by atoms with Gasteiger partial charge in [0.1, 0.15) is 0 Å². The molecule has 2 heterocycles. The van der Waals surface area contributed by atoms with Crippen molar-refractivity contribution in [2.24, 2.45) is 0 Å². The van der Waals surface area contributed by atoms with Gasteiger partial charge in [-0.05, 0) is 31.2 Å². The first-order valence-electron chi connectivity index (χ1n) is 5.79. The molecule has 0 radical (unpaired) electrons. The molecule has 90 valence electrons. The second kappa shape index (κ2) is 4.44. The Labute approximate surface area is 104 Å². The molecule has 0 aliphatic heterocycles. The van der Waals surface area contributed by atoms with E-state index >= 15 is 0 Å². The maximum absolute atomic E-state index is 5.08. The molecule has 0 bridgehead atoms. The number of aromatic nitrogens is 3. The molecule has 1 aromatic carbocycles. The summed E-state index contributed by atoms with van der Waals surface area (Å²) in [5.74, 6) is 0.580. The van der Waals surface area contributed by atoms with Crippen LogP contribution in [-0.2, 0) is 0 Å². The SMILES string of the molecule is CCNc1nc(-c2ccc3ncccc3c2)no1. The van der Waals surface area contributed by atoms with Gasteiger partial charge in [-0.15, -0.1) is 0 Å². The molecule has 3 rings (SSSR count). The lowest BCUT2D eigenvalue weighted by Gasteiger charge is -1.98. The molecular weight excluding hydrogens is 228 g/mol. The van der Waals surface area contributed by atoms with Crippen LogP contribution in [0, 0.1) is 0 Å². The molecule has 5 nitrogen and oxygen atoms in total. The van der Waals surface area contributed by atoms with Gasteiger partial charge in [-0.25, -0.2) is 0 Å². The van der Waals surface area contributed by atoms with Crippen LogP contribution in [0.15, 0.2) is 41.1 Å². The summed E-state index contributed by atoms with van der Waals surface area (Å²) in [6.45, 7) is 2.73. The van der Waals surface area contributed by atoms with Crippen LogP contribution >= 0.6 is 0 Å². The molecule has 2 aromatic heterocycles. The van der Waals surface area contributed by atoms with E-state index in [-0.39, 0.29) is 0 Å². The van der Waals surface area contributed by atoms with Gasteiger partial charge in [0, 0.05) is 23.7 Å². The van der Waals surface area contributed by atoms with Crippen LogP contribution in [0.3, 0.4) is 0 Å².